The van der Waals surface area contributed by atoms with Crippen molar-refractivity contribution in [2.45, 2.75) is 107 Å². The van der Waals surface area contributed by atoms with E-state index in [4.69, 9.17) is 15.0 Å². The maximum Gasteiger partial charge on any atom is 0.0904 e. The number of aliphatic hydroxyl groups is 1. The molecule has 0 amide bonds. The van der Waals surface area contributed by atoms with Crippen LogP contribution in [0.1, 0.15) is 116 Å². The number of fused-ring (bicyclic) bond motifs is 5. The van der Waals surface area contributed by atoms with Crippen LogP contribution in [0.25, 0.3) is 12.2 Å². The molecule has 0 fully saturated rings. The smallest absolute Gasteiger partial charge is 0.0904 e. The molecule has 2 N–H and O–H groups in total. The third-order valence-corrected chi connectivity index (χ3v) is 9.67. The van der Waals surface area contributed by atoms with E-state index in [1.165, 1.54) is 39.7 Å². The summed E-state index contributed by atoms with van der Waals surface area (Å²) in [6.07, 6.45) is 15.5. The number of rotatable bonds is 8. The Kier molecular flexibility index (Phi) is 8.86. The molecule has 1 aromatic rings. The second-order valence-electron chi connectivity index (χ2n) is 11.6. The van der Waals surface area contributed by atoms with Gasteiger partial charge in [-0.3, -0.25) is 4.99 Å². The minimum absolute atomic E-state index is 0.226. The highest BCUT2D eigenvalue weighted by molar-refractivity contribution is 6.33. The van der Waals surface area contributed by atoms with E-state index >= 15 is 0 Å². The van der Waals surface area contributed by atoms with Crippen molar-refractivity contribution in [2.24, 2.45) is 26.8 Å². The van der Waals surface area contributed by atoms with Crippen molar-refractivity contribution in [1.29, 1.82) is 0 Å². The van der Waals surface area contributed by atoms with Gasteiger partial charge in [0.2, 0.25) is 0 Å². The van der Waals surface area contributed by atoms with Gasteiger partial charge in [-0.1, -0.05) is 55.4 Å². The zero-order valence-electron chi connectivity index (χ0n) is 26.9. The molecule has 5 rings (SSSR count). The summed E-state index contributed by atoms with van der Waals surface area (Å²) in [6, 6.07) is 0. The highest BCUT2D eigenvalue weighted by Gasteiger charge is 2.38. The van der Waals surface area contributed by atoms with Gasteiger partial charge >= 0.3 is 0 Å². The fourth-order valence-electron chi connectivity index (χ4n) is 7.68. The van der Waals surface area contributed by atoms with Gasteiger partial charge in [-0.05, 0) is 103 Å². The van der Waals surface area contributed by atoms with E-state index in [1.54, 1.807) is 0 Å². The maximum absolute atomic E-state index is 10.8. The monoisotopic (exact) mass is 564 g/mol. The number of aliphatic imine (C=N–C) groups is 3. The third-order valence-electron chi connectivity index (χ3n) is 9.67. The summed E-state index contributed by atoms with van der Waals surface area (Å²) < 4.78 is 0. The van der Waals surface area contributed by atoms with Gasteiger partial charge < -0.3 is 10.1 Å². The second kappa shape index (κ2) is 12.4. The van der Waals surface area contributed by atoms with Crippen LogP contribution in [0, 0.1) is 11.8 Å². The molecule has 0 radical (unpaired) electrons. The Hall–Kier alpha value is -3.47. The molecule has 2 unspecified atom stereocenters. The molecule has 222 valence electrons. The molecule has 5 nitrogen and oxygen atoms in total. The number of hydrogen-bond acceptors (Lipinski definition) is 4. The van der Waals surface area contributed by atoms with Crippen LogP contribution in [0.4, 0.5) is 0 Å². The molecule has 8 bridgehead atoms. The summed E-state index contributed by atoms with van der Waals surface area (Å²) in [7, 11) is 0. The molecule has 42 heavy (non-hydrogen) atoms. The molecule has 4 aliphatic heterocycles. The van der Waals surface area contributed by atoms with Gasteiger partial charge in [0.25, 0.3) is 0 Å². The SMILES string of the molecule is CCC1=C(CC)C2=NC1=Cc1[nH]c(c(CC)c1CC)C=C1N=C(/C(=C\O)C3=NC(=C2)C(CC)=C3CC)C(CC)C1CC. The van der Waals surface area contributed by atoms with E-state index in [-0.39, 0.29) is 11.8 Å². The quantitative estimate of drug-likeness (QED) is 0.303. The Bertz CT molecular complexity index is 1560. The zero-order valence-corrected chi connectivity index (χ0v) is 26.9. The first-order valence-corrected chi connectivity index (χ1v) is 16.4. The summed E-state index contributed by atoms with van der Waals surface area (Å²) in [5, 5.41) is 10.8. The lowest BCUT2D eigenvalue weighted by Gasteiger charge is -2.20. The molecule has 2 atom stereocenters. The number of aromatic nitrogens is 1. The molecule has 5 heteroatoms. The molecular formula is C37H48N4O. The van der Waals surface area contributed by atoms with Gasteiger partial charge in [0.1, 0.15) is 0 Å². The largest absolute Gasteiger partial charge is 0.515 e. The van der Waals surface area contributed by atoms with Crippen LogP contribution in [-0.4, -0.2) is 27.2 Å². The van der Waals surface area contributed by atoms with Crippen LogP contribution >= 0.6 is 0 Å². The van der Waals surface area contributed by atoms with Crippen LogP contribution in [0.3, 0.4) is 0 Å². The van der Waals surface area contributed by atoms with Gasteiger partial charge in [-0.25, -0.2) is 9.98 Å². The minimum atomic E-state index is 0.226. The van der Waals surface area contributed by atoms with Crippen molar-refractivity contribution >= 4 is 29.3 Å². The van der Waals surface area contributed by atoms with Crippen molar-refractivity contribution in [3.8, 4) is 0 Å². The normalized spacial score (nSPS) is 22.9. The fraction of sp³-hybridized carbons (Fsp3) is 0.486. The summed E-state index contributed by atoms with van der Waals surface area (Å²) in [4.78, 5) is 19.7. The lowest BCUT2D eigenvalue weighted by molar-refractivity contribution is 0.464. The van der Waals surface area contributed by atoms with E-state index in [1.807, 2.05) is 0 Å². The lowest BCUT2D eigenvalue weighted by Crippen LogP contribution is -2.23. The Labute approximate surface area is 252 Å². The zero-order chi connectivity index (χ0) is 30.1. The van der Waals surface area contributed by atoms with Gasteiger partial charge in [0.15, 0.2) is 0 Å². The molecule has 1 aromatic heterocycles. The Balaban J connectivity index is 1.88. The van der Waals surface area contributed by atoms with Crippen LogP contribution in [0.15, 0.2) is 72.3 Å². The molecule has 5 heterocycles. The number of allylic oxidation sites excluding steroid dienone is 7. The van der Waals surface area contributed by atoms with E-state index < -0.39 is 0 Å². The number of nitrogens with one attached hydrogen (secondary N) is 1. The topological polar surface area (TPSA) is 73.1 Å². The van der Waals surface area contributed by atoms with E-state index in [2.05, 4.69) is 78.6 Å². The summed E-state index contributed by atoms with van der Waals surface area (Å²) >= 11 is 0. The number of aliphatic hydroxyl groups excluding tert-OH is 1. The summed E-state index contributed by atoms with van der Waals surface area (Å²) in [5.41, 5.74) is 16.9. The van der Waals surface area contributed by atoms with Crippen molar-refractivity contribution in [1.82, 2.24) is 4.98 Å². The van der Waals surface area contributed by atoms with E-state index in [9.17, 15) is 5.11 Å². The highest BCUT2D eigenvalue weighted by Crippen LogP contribution is 2.43. The average Bonchev–Trinajstić information content (AvgIpc) is 3.72. The highest BCUT2D eigenvalue weighted by atomic mass is 16.2. The molecular weight excluding hydrogens is 516 g/mol. The predicted molar refractivity (Wildman–Crippen MR) is 179 cm³/mol. The Morgan fingerprint density at radius 3 is 1.76 bits per heavy atom. The third kappa shape index (κ3) is 4.75. The molecule has 0 spiro atoms. The molecule has 0 saturated carbocycles. The van der Waals surface area contributed by atoms with Gasteiger partial charge in [-0.15, -0.1) is 0 Å². The van der Waals surface area contributed by atoms with Crippen molar-refractivity contribution in [3.63, 3.8) is 0 Å². The van der Waals surface area contributed by atoms with Gasteiger partial charge in [-0.2, -0.15) is 0 Å². The van der Waals surface area contributed by atoms with Crippen LogP contribution in [0.2, 0.25) is 0 Å². The van der Waals surface area contributed by atoms with E-state index in [0.717, 1.165) is 103 Å². The summed E-state index contributed by atoms with van der Waals surface area (Å²) in [6.45, 7) is 17.8. The molecule has 0 aliphatic carbocycles. The first-order chi connectivity index (χ1) is 20.4. The fourth-order valence-corrected chi connectivity index (χ4v) is 7.68. The van der Waals surface area contributed by atoms with Gasteiger partial charge in [0.05, 0.1) is 40.4 Å². The molecule has 4 aliphatic rings. The van der Waals surface area contributed by atoms with Crippen molar-refractivity contribution < 1.29 is 5.11 Å². The molecule has 0 aromatic carbocycles. The Morgan fingerprint density at radius 1 is 0.643 bits per heavy atom. The Morgan fingerprint density at radius 2 is 1.21 bits per heavy atom. The van der Waals surface area contributed by atoms with Crippen LogP contribution < -0.4 is 0 Å². The number of hydrogen-bond donors (Lipinski definition) is 2. The first-order valence-electron chi connectivity index (χ1n) is 16.4. The van der Waals surface area contributed by atoms with Crippen LogP contribution in [0.5, 0.6) is 0 Å². The number of H-pyrrole nitrogens is 1. The van der Waals surface area contributed by atoms with Crippen molar-refractivity contribution in [3.05, 3.63) is 79.8 Å². The van der Waals surface area contributed by atoms with Gasteiger partial charge in [0, 0.05) is 28.9 Å². The molecule has 0 saturated heterocycles. The van der Waals surface area contributed by atoms with Crippen molar-refractivity contribution in [2.75, 3.05) is 0 Å². The minimum Gasteiger partial charge on any atom is -0.515 e. The van der Waals surface area contributed by atoms with E-state index in [0.29, 0.717) is 0 Å². The number of aromatic amines is 1. The lowest BCUT2D eigenvalue weighted by atomic mass is 9.81. The van der Waals surface area contributed by atoms with Crippen LogP contribution in [-0.2, 0) is 12.8 Å². The predicted octanol–water partition coefficient (Wildman–Crippen LogP) is 9.81. The second-order valence-corrected chi connectivity index (χ2v) is 11.6. The number of nitrogens with zero attached hydrogens (tertiary/aromatic N) is 3. The standard InChI is InChI=1S/C37H48N4O/c1-9-21-23(11-3)32-18-34-25(13-5)27(15-7)36(40-34)29(20-42)37-28(16-8)26(14-6)35(41-37)19-33-24(12-4)22(10-2)31(39-33)17-30(21)38-32/h17-20,25,27,38,42H,9-16H2,1-8H3/b29-20+,31-17?,34-18?,35-19?. The average molecular weight is 565 g/mol. The first kappa shape index (κ1) is 30.0. The summed E-state index contributed by atoms with van der Waals surface area (Å²) in [5.74, 6) is 0.513. The maximum atomic E-state index is 10.8.